The summed E-state index contributed by atoms with van der Waals surface area (Å²) in [5, 5.41) is 25.9. The van der Waals surface area contributed by atoms with Crippen LogP contribution in [0.25, 0.3) is 11.0 Å². The molecule has 20 heteroatoms. The molecule has 77 heavy (non-hydrogen) atoms. The minimum Gasteiger partial charge on any atom is -0.478 e. The average Bonchev–Trinajstić information content (AvgIpc) is 3.84. The first-order valence-electron chi connectivity index (χ1n) is 26.6. The number of hydrogen-bond donors (Lipinski definition) is 4. The molecule has 406 valence electrons. The van der Waals surface area contributed by atoms with Gasteiger partial charge in [-0.15, -0.1) is 0 Å². The summed E-state index contributed by atoms with van der Waals surface area (Å²) in [6.07, 6.45) is 9.09. The number of sulfonamides is 1. The first kappa shape index (κ1) is 52.2. The van der Waals surface area contributed by atoms with Gasteiger partial charge < -0.3 is 34.5 Å². The second kappa shape index (κ2) is 20.2. The van der Waals surface area contributed by atoms with E-state index in [1.54, 1.807) is 25.3 Å². The number of nitro groups is 1. The third kappa shape index (κ3) is 10.8. The number of anilines is 2. The van der Waals surface area contributed by atoms with Crippen LogP contribution in [0.2, 0.25) is 0 Å². The molecule has 2 aliphatic carbocycles. The number of nitro benzene ring substituents is 1. The summed E-state index contributed by atoms with van der Waals surface area (Å²) in [4.78, 5) is 44.2. The number of carbonyl (C=O) groups is 1. The van der Waals surface area contributed by atoms with E-state index in [0.29, 0.717) is 56.0 Å². The topological polar surface area (TPSA) is 218 Å². The number of rotatable bonds is 15. The Labute approximate surface area is 447 Å². The van der Waals surface area contributed by atoms with Gasteiger partial charge in [0.1, 0.15) is 40.9 Å². The van der Waals surface area contributed by atoms with Crippen molar-refractivity contribution in [3.8, 4) is 23.1 Å². The number of piperazine rings is 1. The Kier molecular flexibility index (Phi) is 13.7. The van der Waals surface area contributed by atoms with E-state index in [1.165, 1.54) is 47.8 Å². The van der Waals surface area contributed by atoms with Crippen LogP contribution < -0.4 is 29.1 Å². The molecule has 6 aromatic rings. The fourth-order valence-corrected chi connectivity index (χ4v) is 13.1. The molecule has 18 nitrogen and oxygen atoms in total. The van der Waals surface area contributed by atoms with Gasteiger partial charge in [-0.1, -0.05) is 38.1 Å². The van der Waals surface area contributed by atoms with Crippen molar-refractivity contribution in [3.63, 3.8) is 0 Å². The molecule has 0 radical (unpaired) electrons. The molecular formula is C57H66FN9O9S. The number of carbonyl (C=O) groups excluding carboxylic acids is 1. The highest BCUT2D eigenvalue weighted by molar-refractivity contribution is 7.90. The van der Waals surface area contributed by atoms with Crippen LogP contribution in [-0.2, 0) is 16.6 Å². The van der Waals surface area contributed by atoms with E-state index < -0.39 is 48.5 Å². The van der Waals surface area contributed by atoms with Crippen LogP contribution in [0.1, 0.15) is 112 Å². The zero-order valence-electron chi connectivity index (χ0n) is 44.1. The molecule has 2 saturated carbocycles. The van der Waals surface area contributed by atoms with Gasteiger partial charge in [0, 0.05) is 99.1 Å². The van der Waals surface area contributed by atoms with Gasteiger partial charge in [0.25, 0.3) is 27.5 Å². The van der Waals surface area contributed by atoms with Crippen molar-refractivity contribution in [1.29, 1.82) is 0 Å². The lowest BCUT2D eigenvalue weighted by atomic mass is 9.59. The number of aromatic nitrogens is 3. The summed E-state index contributed by atoms with van der Waals surface area (Å²) in [5.41, 5.74) is 3.24. The van der Waals surface area contributed by atoms with E-state index in [1.807, 2.05) is 19.9 Å². The Morgan fingerprint density at radius 3 is 2.57 bits per heavy atom. The van der Waals surface area contributed by atoms with E-state index in [9.17, 15) is 32.8 Å². The smallest absolute Gasteiger partial charge is 0.293 e. The van der Waals surface area contributed by atoms with Crippen molar-refractivity contribution in [2.75, 3.05) is 56.1 Å². The Balaban J connectivity index is 0.797. The van der Waals surface area contributed by atoms with Crippen LogP contribution in [0, 0.1) is 27.3 Å². The summed E-state index contributed by atoms with van der Waals surface area (Å²) in [6.45, 7) is 16.1. The number of fused-ring (bicyclic) bond motifs is 2. The SMILES string of the molecule is CC(C)c1ccccc1[C@@H]1CN(Cc2ccnc3c2OC(C)(C)CO3)CCN1C1CC2(C1)CN(c1ccc(C(=O)NS(=O)(=O)c3ccc(NC[C@H]4CC[C@](C)(O)CC4)c([N+](=O)[O-])c3)c(Oc3cnc4[nH]cc(F)c4c3)c1)C2. The fourth-order valence-electron chi connectivity index (χ4n) is 12.1. The summed E-state index contributed by atoms with van der Waals surface area (Å²) < 4.78 is 63.3. The largest absolute Gasteiger partial charge is 0.478 e. The number of H-pyrrole nitrogens is 1. The third-order valence-electron chi connectivity index (χ3n) is 16.3. The molecule has 0 bridgehead atoms. The normalized spacial score (nSPS) is 22.4. The number of aliphatic hydroxyl groups is 1. The van der Waals surface area contributed by atoms with Gasteiger partial charge in [-0.2, -0.15) is 0 Å². The van der Waals surface area contributed by atoms with Crippen molar-refractivity contribution in [3.05, 3.63) is 130 Å². The molecule has 5 aliphatic rings. The second-order valence-corrected chi connectivity index (χ2v) is 24.8. The molecule has 1 spiro atoms. The Bertz CT molecular complexity index is 3340. The van der Waals surface area contributed by atoms with E-state index in [-0.39, 0.29) is 45.5 Å². The summed E-state index contributed by atoms with van der Waals surface area (Å²) >= 11 is 0. The molecule has 6 heterocycles. The van der Waals surface area contributed by atoms with E-state index in [2.05, 4.69) is 77.8 Å². The van der Waals surface area contributed by atoms with Crippen LogP contribution in [0.4, 0.5) is 21.5 Å². The fraction of sp³-hybridized carbons (Fsp3) is 0.456. The van der Waals surface area contributed by atoms with Crippen LogP contribution in [0.15, 0.2) is 96.3 Å². The molecule has 11 rings (SSSR count). The average molecular weight is 1070 g/mol. The van der Waals surface area contributed by atoms with Crippen LogP contribution >= 0.6 is 0 Å². The van der Waals surface area contributed by atoms with E-state index >= 15 is 0 Å². The van der Waals surface area contributed by atoms with Crippen molar-refractivity contribution in [2.45, 2.75) is 114 Å². The molecule has 3 aromatic heterocycles. The van der Waals surface area contributed by atoms with Crippen molar-refractivity contribution >= 4 is 44.0 Å². The summed E-state index contributed by atoms with van der Waals surface area (Å²) in [7, 11) is -4.65. The molecule has 4 fully saturated rings. The van der Waals surface area contributed by atoms with Crippen molar-refractivity contribution in [2.24, 2.45) is 11.3 Å². The summed E-state index contributed by atoms with van der Waals surface area (Å²) in [5.74, 6) is 0.334. The highest BCUT2D eigenvalue weighted by Crippen LogP contribution is 2.54. The van der Waals surface area contributed by atoms with Gasteiger partial charge in [0.2, 0.25) is 0 Å². The minimum absolute atomic E-state index is 0.00842. The second-order valence-electron chi connectivity index (χ2n) is 23.1. The van der Waals surface area contributed by atoms with Gasteiger partial charge in [-0.05, 0) is 119 Å². The van der Waals surface area contributed by atoms with Gasteiger partial charge in [0.15, 0.2) is 5.75 Å². The van der Waals surface area contributed by atoms with Crippen LogP contribution in [0.3, 0.4) is 0 Å². The number of nitrogens with one attached hydrogen (secondary N) is 3. The standard InChI is InChI=1S/C57H66FN9O9S/c1-35(2)42-8-6-7-9-43(42)49-31-64(30-37-16-19-59-54-51(37)76-55(3,4)34-74-54)20-21-66(49)39-25-57(26-39)32-65(33-57)38-10-12-44(50(22-38)75-40-23-45-46(58)29-62-52(45)61-28-40)53(68)63-77(72,73)41-11-13-47(48(24-41)67(70)71)60-27-36-14-17-56(5,69)18-15-36/h6-13,16,19,22-24,28-29,35-36,39,49,60,69H,14-15,17-18,20-21,25-27,30-34H2,1-5H3,(H,61,62)(H,63,68)/t36-,49-,56-/m0/s1. The van der Waals surface area contributed by atoms with Crippen molar-refractivity contribution in [1.82, 2.24) is 29.5 Å². The Hall–Kier alpha value is -6.87. The molecule has 4 N–H and O–H groups in total. The molecule has 2 saturated heterocycles. The lowest BCUT2D eigenvalue weighted by molar-refractivity contribution is -0.384. The molecule has 1 atom stereocenters. The lowest BCUT2D eigenvalue weighted by Crippen LogP contribution is -2.68. The van der Waals surface area contributed by atoms with E-state index in [4.69, 9.17) is 14.2 Å². The van der Waals surface area contributed by atoms with Gasteiger partial charge in [0.05, 0.1) is 32.6 Å². The zero-order chi connectivity index (χ0) is 54.0. The molecule has 3 aliphatic heterocycles. The number of ether oxygens (including phenoxy) is 3. The summed E-state index contributed by atoms with van der Waals surface area (Å²) in [6, 6.07) is 21.2. The molecule has 1 amide bonds. The quantitative estimate of drug-likeness (QED) is 0.0556. The highest BCUT2D eigenvalue weighted by Gasteiger charge is 2.55. The number of amides is 1. The van der Waals surface area contributed by atoms with Crippen LogP contribution in [0.5, 0.6) is 23.1 Å². The maximum Gasteiger partial charge on any atom is 0.293 e. The maximum atomic E-state index is 14.8. The van der Waals surface area contributed by atoms with Gasteiger partial charge >= 0.3 is 0 Å². The Morgan fingerprint density at radius 1 is 1.03 bits per heavy atom. The molecular weight excluding hydrogens is 1010 g/mol. The number of nitrogens with zero attached hydrogens (tertiary/aromatic N) is 6. The molecule has 0 unspecified atom stereocenters. The van der Waals surface area contributed by atoms with Crippen LogP contribution in [-0.4, -0.2) is 112 Å². The number of halogens is 1. The van der Waals surface area contributed by atoms with Gasteiger partial charge in [-0.3, -0.25) is 24.7 Å². The van der Waals surface area contributed by atoms with E-state index in [0.717, 1.165) is 81.5 Å². The number of pyridine rings is 2. The number of aromatic amines is 1. The lowest BCUT2D eigenvalue weighted by Gasteiger charge is -2.63. The highest BCUT2D eigenvalue weighted by atomic mass is 32.2. The third-order valence-corrected chi connectivity index (χ3v) is 17.7. The molecule has 3 aromatic carbocycles. The van der Waals surface area contributed by atoms with Gasteiger partial charge in [-0.25, -0.2) is 27.5 Å². The minimum atomic E-state index is -4.65. The first-order valence-corrected chi connectivity index (χ1v) is 28.1. The number of benzene rings is 3. The monoisotopic (exact) mass is 1070 g/mol. The van der Waals surface area contributed by atoms with Crippen molar-refractivity contribution < 1.29 is 41.8 Å². The first-order chi connectivity index (χ1) is 36.7. The maximum absolute atomic E-state index is 14.8. The Morgan fingerprint density at radius 2 is 1.81 bits per heavy atom. The predicted octanol–water partition coefficient (Wildman–Crippen LogP) is 9.47. The number of hydrogen-bond acceptors (Lipinski definition) is 15. The predicted molar refractivity (Wildman–Crippen MR) is 289 cm³/mol. The zero-order valence-corrected chi connectivity index (χ0v) is 44.9.